The average Bonchev–Trinajstić information content (AvgIpc) is 3.18. The largest absolute Gasteiger partial charge is 0.281 e. The van der Waals surface area contributed by atoms with Gasteiger partial charge in [-0.3, -0.25) is 14.7 Å². The van der Waals surface area contributed by atoms with Crippen LogP contribution in [0.4, 0.5) is 0 Å². The van der Waals surface area contributed by atoms with Gasteiger partial charge in [0.25, 0.3) is 0 Å². The molecule has 0 fully saturated rings. The van der Waals surface area contributed by atoms with Crippen LogP contribution in [0.2, 0.25) is 0 Å². The van der Waals surface area contributed by atoms with Crippen LogP contribution in [-0.4, -0.2) is 30.4 Å². The van der Waals surface area contributed by atoms with Crippen LogP contribution in [-0.2, 0) is 0 Å². The number of carbonyl (C=O) groups is 2. The van der Waals surface area contributed by atoms with Gasteiger partial charge in [0.15, 0.2) is 10.8 Å². The van der Waals surface area contributed by atoms with Crippen molar-refractivity contribution in [1.82, 2.24) is 20.2 Å². The minimum Gasteiger partial charge on any atom is -0.281 e. The van der Waals surface area contributed by atoms with Crippen LogP contribution >= 0.6 is 23.5 Å². The molecule has 4 aromatic rings. The van der Waals surface area contributed by atoms with Crippen LogP contribution in [0.25, 0.3) is 11.0 Å². The first-order valence-electron chi connectivity index (χ1n) is 7.96. The van der Waals surface area contributed by atoms with Crippen molar-refractivity contribution in [1.29, 1.82) is 0 Å². The molecule has 0 spiro atoms. The highest BCUT2D eigenvalue weighted by Crippen LogP contribution is 2.30. The molecule has 0 aliphatic heterocycles. The van der Waals surface area contributed by atoms with Gasteiger partial charge in [-0.1, -0.05) is 60.7 Å². The third-order valence-corrected chi connectivity index (χ3v) is 5.36. The Morgan fingerprint density at radius 3 is 2.00 bits per heavy atom. The number of H-pyrrole nitrogens is 1. The number of carbonyl (C=O) groups excluding carboxylic acids is 2. The van der Waals surface area contributed by atoms with Gasteiger partial charge in [-0.15, -0.1) is 0 Å². The SMILES string of the molecule is O=C(Sc1nc(SC(=O)c2ccccc2)c2cn[nH]c2n1)c1ccccc1. The fourth-order valence-corrected chi connectivity index (χ4v) is 3.92. The van der Waals surface area contributed by atoms with E-state index >= 15 is 0 Å². The van der Waals surface area contributed by atoms with E-state index in [1.807, 2.05) is 12.1 Å². The van der Waals surface area contributed by atoms with Crippen molar-refractivity contribution in [3.05, 3.63) is 78.0 Å². The number of hydrogen-bond acceptors (Lipinski definition) is 7. The first-order chi connectivity index (χ1) is 13.2. The standard InChI is InChI=1S/C19H12N4O2S2/c24-17(12-7-3-1-4-8-12)26-16-14-11-20-23-15(14)21-19(22-16)27-18(25)13-9-5-2-6-10-13/h1-11H,(H,20,21,22,23). The summed E-state index contributed by atoms with van der Waals surface area (Å²) in [5.41, 5.74) is 1.62. The Balaban J connectivity index is 1.64. The lowest BCUT2D eigenvalue weighted by Gasteiger charge is -2.05. The van der Waals surface area contributed by atoms with Gasteiger partial charge in [0.2, 0.25) is 10.2 Å². The van der Waals surface area contributed by atoms with Gasteiger partial charge in [-0.2, -0.15) is 5.10 Å². The van der Waals surface area contributed by atoms with E-state index in [-0.39, 0.29) is 15.4 Å². The highest BCUT2D eigenvalue weighted by Gasteiger charge is 2.17. The topological polar surface area (TPSA) is 88.6 Å². The van der Waals surface area contributed by atoms with Gasteiger partial charge in [-0.05, 0) is 23.5 Å². The molecule has 0 saturated heterocycles. The van der Waals surface area contributed by atoms with Crippen molar-refractivity contribution >= 4 is 44.8 Å². The van der Waals surface area contributed by atoms with Crippen LogP contribution in [0.5, 0.6) is 0 Å². The number of nitrogens with zero attached hydrogens (tertiary/aromatic N) is 3. The lowest BCUT2D eigenvalue weighted by molar-refractivity contribution is 0.108. The van der Waals surface area contributed by atoms with E-state index in [1.54, 1.807) is 54.7 Å². The average molecular weight is 392 g/mol. The fraction of sp³-hybridized carbons (Fsp3) is 0. The summed E-state index contributed by atoms with van der Waals surface area (Å²) in [6.07, 6.45) is 1.57. The van der Waals surface area contributed by atoms with E-state index in [0.717, 1.165) is 23.5 Å². The smallest absolute Gasteiger partial charge is 0.227 e. The lowest BCUT2D eigenvalue weighted by atomic mass is 10.2. The van der Waals surface area contributed by atoms with Gasteiger partial charge in [0, 0.05) is 11.1 Å². The van der Waals surface area contributed by atoms with Crippen molar-refractivity contribution < 1.29 is 9.59 Å². The summed E-state index contributed by atoms with van der Waals surface area (Å²) < 4.78 is 0. The third-order valence-electron chi connectivity index (χ3n) is 3.65. The van der Waals surface area contributed by atoms with Crippen molar-refractivity contribution in [2.45, 2.75) is 10.2 Å². The molecule has 0 aliphatic carbocycles. The van der Waals surface area contributed by atoms with Crippen LogP contribution in [0, 0.1) is 0 Å². The molecule has 8 heteroatoms. The zero-order chi connectivity index (χ0) is 18.6. The molecule has 6 nitrogen and oxygen atoms in total. The maximum Gasteiger partial charge on any atom is 0.227 e. The second kappa shape index (κ2) is 7.73. The van der Waals surface area contributed by atoms with Crippen LogP contribution < -0.4 is 0 Å². The number of hydrogen-bond donors (Lipinski definition) is 1. The molecule has 27 heavy (non-hydrogen) atoms. The van der Waals surface area contributed by atoms with Crippen LogP contribution in [0.3, 0.4) is 0 Å². The molecule has 0 saturated carbocycles. The van der Waals surface area contributed by atoms with Crippen molar-refractivity contribution in [2.75, 3.05) is 0 Å². The predicted molar refractivity (Wildman–Crippen MR) is 105 cm³/mol. The first-order valence-corrected chi connectivity index (χ1v) is 9.59. The van der Waals surface area contributed by atoms with E-state index in [2.05, 4.69) is 20.2 Å². The van der Waals surface area contributed by atoms with Gasteiger partial charge >= 0.3 is 0 Å². The maximum atomic E-state index is 12.5. The highest BCUT2D eigenvalue weighted by atomic mass is 32.2. The number of nitrogens with one attached hydrogen (secondary N) is 1. The zero-order valence-corrected chi connectivity index (χ0v) is 15.5. The second-order valence-electron chi connectivity index (χ2n) is 5.45. The number of rotatable bonds is 4. The fourth-order valence-electron chi connectivity index (χ4n) is 2.35. The molecule has 2 aromatic carbocycles. The summed E-state index contributed by atoms with van der Waals surface area (Å²) in [4.78, 5) is 33.7. The van der Waals surface area contributed by atoms with Crippen LogP contribution in [0.15, 0.2) is 77.0 Å². The molecule has 0 aliphatic rings. The number of benzene rings is 2. The summed E-state index contributed by atoms with van der Waals surface area (Å²) >= 11 is 1.91. The molecule has 2 heterocycles. The summed E-state index contributed by atoms with van der Waals surface area (Å²) in [5.74, 6) is 0. The molecule has 0 unspecified atom stereocenters. The Bertz CT molecular complexity index is 1110. The monoisotopic (exact) mass is 392 g/mol. The van der Waals surface area contributed by atoms with Gasteiger partial charge in [0.1, 0.15) is 5.03 Å². The Hall–Kier alpha value is -2.97. The first kappa shape index (κ1) is 17.4. The van der Waals surface area contributed by atoms with Crippen LogP contribution in [0.1, 0.15) is 20.7 Å². The summed E-state index contributed by atoms with van der Waals surface area (Å²) in [6.45, 7) is 0. The molecule has 2 aromatic heterocycles. The number of aromatic nitrogens is 4. The molecule has 0 radical (unpaired) electrons. The third kappa shape index (κ3) is 3.91. The summed E-state index contributed by atoms with van der Waals surface area (Å²) in [6, 6.07) is 17.9. The van der Waals surface area contributed by atoms with E-state index in [0.29, 0.717) is 27.2 Å². The molecule has 1 N–H and O–H groups in total. The molecule has 132 valence electrons. The molecule has 0 bridgehead atoms. The normalized spacial score (nSPS) is 10.8. The number of aromatic amines is 1. The van der Waals surface area contributed by atoms with E-state index in [9.17, 15) is 9.59 Å². The van der Waals surface area contributed by atoms with Gasteiger partial charge < -0.3 is 0 Å². The number of thioether (sulfide) groups is 2. The van der Waals surface area contributed by atoms with E-state index in [1.165, 1.54) is 0 Å². The summed E-state index contributed by atoms with van der Waals surface area (Å²) in [7, 11) is 0. The van der Waals surface area contributed by atoms with Crippen molar-refractivity contribution in [2.24, 2.45) is 0 Å². The van der Waals surface area contributed by atoms with Crippen molar-refractivity contribution in [3.8, 4) is 0 Å². The quantitative estimate of drug-likeness (QED) is 0.316. The Labute approximate surface area is 162 Å². The molecular formula is C19H12N4O2S2. The Kier molecular flexibility index (Phi) is 4.99. The molecule has 4 rings (SSSR count). The minimum absolute atomic E-state index is 0.137. The lowest BCUT2D eigenvalue weighted by Crippen LogP contribution is -1.99. The summed E-state index contributed by atoms with van der Waals surface area (Å²) in [5, 5.41) is 7.82. The predicted octanol–water partition coefficient (Wildman–Crippen LogP) is 4.22. The minimum atomic E-state index is -0.167. The molecular weight excluding hydrogens is 380 g/mol. The zero-order valence-electron chi connectivity index (χ0n) is 13.8. The Morgan fingerprint density at radius 1 is 0.778 bits per heavy atom. The second-order valence-corrected chi connectivity index (χ2v) is 7.36. The molecule has 0 amide bonds. The molecule has 0 atom stereocenters. The Morgan fingerprint density at radius 2 is 1.37 bits per heavy atom. The van der Waals surface area contributed by atoms with E-state index < -0.39 is 0 Å². The van der Waals surface area contributed by atoms with E-state index in [4.69, 9.17) is 0 Å². The maximum absolute atomic E-state index is 12.5. The van der Waals surface area contributed by atoms with Crippen molar-refractivity contribution in [3.63, 3.8) is 0 Å². The van der Waals surface area contributed by atoms with Gasteiger partial charge in [0.05, 0.1) is 11.6 Å². The van der Waals surface area contributed by atoms with Gasteiger partial charge in [-0.25, -0.2) is 9.97 Å². The highest BCUT2D eigenvalue weighted by molar-refractivity contribution is 8.14. The number of fused-ring (bicyclic) bond motifs is 1.